The molecular formula is C10H24N4O3S. The zero-order chi connectivity index (χ0) is 13.9. The molecule has 4 N–H and O–H groups in total. The first kappa shape index (κ1) is 17.1. The fourth-order valence-corrected chi connectivity index (χ4v) is 1.83. The molecule has 0 aromatic heterocycles. The highest BCUT2D eigenvalue weighted by Crippen LogP contribution is 1.87. The lowest BCUT2D eigenvalue weighted by atomic mass is 10.4. The van der Waals surface area contributed by atoms with E-state index in [1.54, 1.807) is 6.92 Å². The second kappa shape index (κ2) is 10.1. The van der Waals surface area contributed by atoms with Crippen molar-refractivity contribution < 1.29 is 13.2 Å². The van der Waals surface area contributed by atoms with Crippen molar-refractivity contribution >= 4 is 15.8 Å². The predicted molar refractivity (Wildman–Crippen MR) is 73.1 cm³/mol. The van der Waals surface area contributed by atoms with Crippen LogP contribution in [0.5, 0.6) is 0 Å². The summed E-state index contributed by atoms with van der Waals surface area (Å²) in [5.74, 6) is 5.89. The Hall–Kier alpha value is -0.860. The molecule has 8 heteroatoms. The summed E-state index contributed by atoms with van der Waals surface area (Å²) < 4.78 is 27.7. The summed E-state index contributed by atoms with van der Waals surface area (Å²) >= 11 is 0. The van der Waals surface area contributed by atoms with Gasteiger partial charge in [0.1, 0.15) is 0 Å². The Morgan fingerprint density at radius 1 is 1.39 bits per heavy atom. The molecule has 0 atom stereocenters. The van der Waals surface area contributed by atoms with Crippen molar-refractivity contribution in [2.24, 2.45) is 10.8 Å². The van der Waals surface area contributed by atoms with Crippen LogP contribution in [0.3, 0.4) is 0 Å². The zero-order valence-electron chi connectivity index (χ0n) is 11.1. The van der Waals surface area contributed by atoms with Crippen LogP contribution >= 0.6 is 0 Å². The quantitative estimate of drug-likeness (QED) is 0.169. The van der Waals surface area contributed by atoms with Crippen LogP contribution in [-0.2, 0) is 14.6 Å². The van der Waals surface area contributed by atoms with Crippen LogP contribution in [-0.4, -0.2) is 52.2 Å². The average molecular weight is 280 g/mol. The van der Waals surface area contributed by atoms with Gasteiger partial charge in [-0.05, 0) is 13.3 Å². The molecule has 0 fully saturated rings. The second-order valence-corrected chi connectivity index (χ2v) is 6.06. The summed E-state index contributed by atoms with van der Waals surface area (Å²) in [5, 5.41) is 2.84. The monoisotopic (exact) mass is 280 g/mol. The summed E-state index contributed by atoms with van der Waals surface area (Å²) in [6.45, 7) is 5.78. The summed E-state index contributed by atoms with van der Waals surface area (Å²) in [6, 6.07) is 0. The largest absolute Gasteiger partial charge is 0.382 e. The molecule has 0 rings (SSSR count). The van der Waals surface area contributed by atoms with Crippen LogP contribution in [0.4, 0.5) is 0 Å². The minimum Gasteiger partial charge on any atom is -0.382 e. The number of ether oxygens (including phenoxy) is 1. The molecule has 0 amide bonds. The van der Waals surface area contributed by atoms with Gasteiger partial charge in [-0.1, -0.05) is 6.92 Å². The highest BCUT2D eigenvalue weighted by Gasteiger charge is 2.06. The van der Waals surface area contributed by atoms with Crippen molar-refractivity contribution in [3.63, 3.8) is 0 Å². The second-order valence-electron chi connectivity index (χ2n) is 3.59. The number of rotatable bonds is 9. The minimum absolute atomic E-state index is 0.0726. The van der Waals surface area contributed by atoms with Gasteiger partial charge in [-0.25, -0.2) is 14.3 Å². The smallest absolute Gasteiger partial charge is 0.205 e. The summed E-state index contributed by atoms with van der Waals surface area (Å²) in [6.07, 6.45) is 0.800. The molecule has 108 valence electrons. The van der Waals surface area contributed by atoms with Gasteiger partial charge in [-0.3, -0.25) is 10.4 Å². The first-order valence-electron chi connectivity index (χ1n) is 6.08. The number of hydrogen-bond donors (Lipinski definition) is 3. The molecule has 18 heavy (non-hydrogen) atoms. The van der Waals surface area contributed by atoms with Gasteiger partial charge in [0.25, 0.3) is 0 Å². The van der Waals surface area contributed by atoms with Gasteiger partial charge in [0.05, 0.1) is 5.75 Å². The van der Waals surface area contributed by atoms with Crippen LogP contribution < -0.4 is 16.6 Å². The van der Waals surface area contributed by atoms with Crippen molar-refractivity contribution in [1.29, 1.82) is 0 Å². The van der Waals surface area contributed by atoms with Crippen molar-refractivity contribution in [3.8, 4) is 0 Å². The topological polar surface area (TPSA) is 106 Å². The number of nitrogens with two attached hydrogens (primary N) is 1. The highest BCUT2D eigenvalue weighted by atomic mass is 32.2. The summed E-state index contributed by atoms with van der Waals surface area (Å²) in [7, 11) is -2.96. The molecule has 7 nitrogen and oxygen atoms in total. The third-order valence-corrected chi connectivity index (χ3v) is 3.91. The van der Waals surface area contributed by atoms with Crippen molar-refractivity contribution in [2.45, 2.75) is 20.3 Å². The van der Waals surface area contributed by atoms with Gasteiger partial charge in [0.15, 0.2) is 9.84 Å². The Bertz CT molecular complexity index is 330. The van der Waals surface area contributed by atoms with E-state index in [2.05, 4.69) is 15.7 Å². The maximum atomic E-state index is 11.3. The number of nitrogens with one attached hydrogen (secondary N) is 2. The lowest BCUT2D eigenvalue weighted by molar-refractivity contribution is 0.146. The Kier molecular flexibility index (Phi) is 9.62. The number of guanidine groups is 1. The Morgan fingerprint density at radius 3 is 2.67 bits per heavy atom. The van der Waals surface area contributed by atoms with Gasteiger partial charge in [-0.2, -0.15) is 0 Å². The number of aliphatic imine (C=N–C) groups is 1. The van der Waals surface area contributed by atoms with E-state index in [0.29, 0.717) is 32.3 Å². The van der Waals surface area contributed by atoms with Gasteiger partial charge < -0.3 is 10.1 Å². The lowest BCUT2D eigenvalue weighted by Gasteiger charge is -2.09. The third-order valence-electron chi connectivity index (χ3n) is 2.20. The molecule has 0 saturated carbocycles. The number of hydrogen-bond acceptors (Lipinski definition) is 5. The maximum Gasteiger partial charge on any atom is 0.205 e. The summed E-state index contributed by atoms with van der Waals surface area (Å²) in [5.41, 5.74) is 2.40. The van der Waals surface area contributed by atoms with Crippen LogP contribution in [0.1, 0.15) is 20.3 Å². The van der Waals surface area contributed by atoms with E-state index in [0.717, 1.165) is 6.42 Å². The van der Waals surface area contributed by atoms with E-state index in [-0.39, 0.29) is 11.5 Å². The molecule has 0 unspecified atom stereocenters. The molecule has 0 aliphatic rings. The van der Waals surface area contributed by atoms with Gasteiger partial charge in [0.2, 0.25) is 5.96 Å². The third kappa shape index (κ3) is 9.20. The first-order valence-corrected chi connectivity index (χ1v) is 7.91. The van der Waals surface area contributed by atoms with Crippen LogP contribution in [0.15, 0.2) is 4.99 Å². The van der Waals surface area contributed by atoms with Gasteiger partial charge in [0, 0.05) is 32.1 Å². The van der Waals surface area contributed by atoms with Gasteiger partial charge in [-0.15, -0.1) is 0 Å². The van der Waals surface area contributed by atoms with Crippen molar-refractivity contribution in [2.75, 3.05) is 37.8 Å². The fraction of sp³-hybridized carbons (Fsp3) is 0.900. The van der Waals surface area contributed by atoms with Crippen LogP contribution in [0.2, 0.25) is 0 Å². The van der Waals surface area contributed by atoms with Crippen LogP contribution in [0.25, 0.3) is 0 Å². The Balaban J connectivity index is 3.85. The van der Waals surface area contributed by atoms with E-state index in [9.17, 15) is 8.42 Å². The predicted octanol–water partition coefficient (Wildman–Crippen LogP) is -0.743. The van der Waals surface area contributed by atoms with E-state index in [4.69, 9.17) is 10.6 Å². The van der Waals surface area contributed by atoms with Crippen molar-refractivity contribution in [3.05, 3.63) is 0 Å². The summed E-state index contributed by atoms with van der Waals surface area (Å²) in [4.78, 5) is 4.15. The van der Waals surface area contributed by atoms with E-state index >= 15 is 0 Å². The average Bonchev–Trinajstić information content (AvgIpc) is 2.36. The fourth-order valence-electron chi connectivity index (χ4n) is 1.12. The van der Waals surface area contributed by atoms with Crippen LogP contribution in [0, 0.1) is 0 Å². The first-order chi connectivity index (χ1) is 8.55. The van der Waals surface area contributed by atoms with Crippen molar-refractivity contribution in [1.82, 2.24) is 10.7 Å². The lowest BCUT2D eigenvalue weighted by Crippen LogP contribution is -2.43. The molecule has 0 aliphatic carbocycles. The van der Waals surface area contributed by atoms with E-state index < -0.39 is 9.84 Å². The molecule has 0 heterocycles. The SMILES string of the molecule is CCOCCCN=C(NN)NCCS(=O)(=O)CC. The molecule has 0 saturated heterocycles. The number of hydrazine groups is 1. The maximum absolute atomic E-state index is 11.3. The Morgan fingerprint density at radius 2 is 2.11 bits per heavy atom. The van der Waals surface area contributed by atoms with E-state index in [1.165, 1.54) is 0 Å². The number of nitrogens with zero attached hydrogens (tertiary/aromatic N) is 1. The normalized spacial score (nSPS) is 12.5. The Labute approximate surface area is 109 Å². The minimum atomic E-state index is -2.96. The zero-order valence-corrected chi connectivity index (χ0v) is 11.9. The standard InChI is InChI=1S/C10H24N4O3S/c1-3-17-8-5-6-12-10(14-11)13-7-9-18(15,16)4-2/h3-9,11H2,1-2H3,(H2,12,13,14). The molecular weight excluding hydrogens is 256 g/mol. The number of sulfone groups is 1. The molecule has 0 aromatic rings. The van der Waals surface area contributed by atoms with E-state index in [1.807, 2.05) is 6.92 Å². The highest BCUT2D eigenvalue weighted by molar-refractivity contribution is 7.91. The molecule has 0 bridgehead atoms. The molecule has 0 spiro atoms. The molecule has 0 aromatic carbocycles. The molecule has 0 radical (unpaired) electrons. The van der Waals surface area contributed by atoms with Gasteiger partial charge >= 0.3 is 0 Å². The molecule has 0 aliphatic heterocycles.